The van der Waals surface area contributed by atoms with Crippen LogP contribution in [0.5, 0.6) is 5.75 Å². The highest BCUT2D eigenvalue weighted by atomic mass is 35.5. The quantitative estimate of drug-likeness (QED) is 0.896. The minimum Gasteiger partial charge on any atom is -0.497 e. The number of halogens is 3. The van der Waals surface area contributed by atoms with E-state index in [2.05, 4.69) is 10.2 Å². The van der Waals surface area contributed by atoms with Gasteiger partial charge >= 0.3 is 0 Å². The average molecular weight is 333 g/mol. The molecule has 2 aliphatic rings. The van der Waals surface area contributed by atoms with Gasteiger partial charge in [-0.25, -0.2) is 8.78 Å². The summed E-state index contributed by atoms with van der Waals surface area (Å²) in [6.07, 6.45) is 3.21. The van der Waals surface area contributed by atoms with Gasteiger partial charge in [0.25, 0.3) is 0 Å². The first-order valence-corrected chi connectivity index (χ1v) is 7.66. The lowest BCUT2D eigenvalue weighted by Crippen LogP contribution is -2.45. The van der Waals surface area contributed by atoms with Crippen molar-refractivity contribution in [2.45, 2.75) is 25.3 Å². The molecule has 1 heterocycles. The van der Waals surface area contributed by atoms with Gasteiger partial charge in [-0.05, 0) is 12.3 Å². The number of benzene rings is 1. The Morgan fingerprint density at radius 3 is 2.32 bits per heavy atom. The van der Waals surface area contributed by atoms with Crippen LogP contribution in [0.2, 0.25) is 0 Å². The van der Waals surface area contributed by atoms with E-state index in [0.717, 1.165) is 32.6 Å². The van der Waals surface area contributed by atoms with Crippen molar-refractivity contribution in [3.8, 4) is 5.75 Å². The molecule has 1 saturated heterocycles. The maximum atomic E-state index is 14.4. The summed E-state index contributed by atoms with van der Waals surface area (Å²) < 4.78 is 33.8. The molecule has 0 aromatic heterocycles. The topological polar surface area (TPSA) is 24.5 Å². The molecule has 0 spiro atoms. The van der Waals surface area contributed by atoms with Crippen LogP contribution in [-0.4, -0.2) is 38.2 Å². The number of piperazine rings is 1. The summed E-state index contributed by atoms with van der Waals surface area (Å²) >= 11 is 0. The average Bonchev–Trinajstić information content (AvgIpc) is 3.30. The number of ether oxygens (including phenoxy) is 1. The van der Waals surface area contributed by atoms with Crippen LogP contribution in [0.25, 0.3) is 0 Å². The van der Waals surface area contributed by atoms with Crippen LogP contribution in [0.3, 0.4) is 0 Å². The van der Waals surface area contributed by atoms with E-state index in [9.17, 15) is 8.78 Å². The minimum absolute atomic E-state index is 0. The molecule has 1 saturated carbocycles. The Kier molecular flexibility index (Phi) is 6.01. The predicted molar refractivity (Wildman–Crippen MR) is 84.7 cm³/mol. The summed E-state index contributed by atoms with van der Waals surface area (Å²) in [4.78, 5) is 2.21. The summed E-state index contributed by atoms with van der Waals surface area (Å²) in [6, 6.07) is 2.42. The van der Waals surface area contributed by atoms with E-state index in [4.69, 9.17) is 4.74 Å². The SMILES string of the molecule is COc1cc(F)c([C@@H](CC2CC2)N2CCNCC2)c(F)c1.Cl. The fourth-order valence-corrected chi connectivity index (χ4v) is 3.11. The van der Waals surface area contributed by atoms with Crippen LogP contribution in [0.4, 0.5) is 8.78 Å². The van der Waals surface area contributed by atoms with E-state index in [1.54, 1.807) is 0 Å². The number of methoxy groups -OCH3 is 1. The second-order valence-corrected chi connectivity index (χ2v) is 5.99. The van der Waals surface area contributed by atoms with Crippen molar-refractivity contribution in [2.75, 3.05) is 33.3 Å². The van der Waals surface area contributed by atoms with Crippen LogP contribution in [-0.2, 0) is 0 Å². The second-order valence-electron chi connectivity index (χ2n) is 5.99. The molecule has 1 aliphatic carbocycles. The predicted octanol–water partition coefficient (Wildman–Crippen LogP) is 3.14. The number of rotatable bonds is 5. The molecule has 2 fully saturated rings. The van der Waals surface area contributed by atoms with Gasteiger partial charge in [-0.15, -0.1) is 12.4 Å². The lowest BCUT2D eigenvalue weighted by atomic mass is 9.97. The molecule has 124 valence electrons. The lowest BCUT2D eigenvalue weighted by Gasteiger charge is -2.35. The largest absolute Gasteiger partial charge is 0.497 e. The third-order valence-corrected chi connectivity index (χ3v) is 4.47. The highest BCUT2D eigenvalue weighted by Gasteiger charge is 2.33. The van der Waals surface area contributed by atoms with Crippen molar-refractivity contribution in [1.82, 2.24) is 10.2 Å². The van der Waals surface area contributed by atoms with Gasteiger partial charge in [-0.2, -0.15) is 0 Å². The summed E-state index contributed by atoms with van der Waals surface area (Å²) in [5.41, 5.74) is 0.213. The molecule has 0 bridgehead atoms. The fourth-order valence-electron chi connectivity index (χ4n) is 3.11. The molecule has 1 atom stereocenters. The molecule has 1 aromatic carbocycles. The molecule has 0 unspecified atom stereocenters. The van der Waals surface area contributed by atoms with Gasteiger partial charge in [0, 0.05) is 49.9 Å². The standard InChI is InChI=1S/C16H22F2N2O.ClH/c1-21-12-9-13(17)16(14(18)10-12)15(8-11-2-3-11)20-6-4-19-5-7-20;/h9-11,15,19H,2-8H2,1H3;1H/t15-;/m1./s1. The third kappa shape index (κ3) is 3.89. The first-order valence-electron chi connectivity index (χ1n) is 7.66. The van der Waals surface area contributed by atoms with E-state index in [1.165, 1.54) is 32.1 Å². The Morgan fingerprint density at radius 2 is 1.82 bits per heavy atom. The zero-order valence-electron chi connectivity index (χ0n) is 12.8. The Morgan fingerprint density at radius 1 is 1.23 bits per heavy atom. The fraction of sp³-hybridized carbons (Fsp3) is 0.625. The van der Waals surface area contributed by atoms with Crippen LogP contribution < -0.4 is 10.1 Å². The van der Waals surface area contributed by atoms with E-state index in [1.807, 2.05) is 0 Å². The van der Waals surface area contributed by atoms with Crippen LogP contribution in [0.15, 0.2) is 12.1 Å². The maximum absolute atomic E-state index is 14.4. The van der Waals surface area contributed by atoms with Gasteiger partial charge < -0.3 is 10.1 Å². The number of hydrogen-bond acceptors (Lipinski definition) is 3. The first-order chi connectivity index (χ1) is 10.2. The molecule has 0 radical (unpaired) electrons. The van der Waals surface area contributed by atoms with Crippen molar-refractivity contribution < 1.29 is 13.5 Å². The van der Waals surface area contributed by atoms with Gasteiger partial charge in [-0.3, -0.25) is 4.90 Å². The van der Waals surface area contributed by atoms with Crippen molar-refractivity contribution in [2.24, 2.45) is 5.92 Å². The molecule has 3 rings (SSSR count). The maximum Gasteiger partial charge on any atom is 0.134 e. The molecular formula is C16H23ClF2N2O. The summed E-state index contributed by atoms with van der Waals surface area (Å²) in [5, 5.41) is 3.29. The monoisotopic (exact) mass is 332 g/mol. The molecular weight excluding hydrogens is 310 g/mol. The summed E-state index contributed by atoms with van der Waals surface area (Å²) in [7, 11) is 1.42. The molecule has 1 aromatic rings. The lowest BCUT2D eigenvalue weighted by molar-refractivity contribution is 0.154. The molecule has 6 heteroatoms. The second kappa shape index (κ2) is 7.57. The molecule has 3 nitrogen and oxygen atoms in total. The van der Waals surface area contributed by atoms with Crippen molar-refractivity contribution in [1.29, 1.82) is 0 Å². The van der Waals surface area contributed by atoms with Gasteiger partial charge in [0.1, 0.15) is 17.4 Å². The zero-order chi connectivity index (χ0) is 14.8. The van der Waals surface area contributed by atoms with E-state index in [-0.39, 0.29) is 29.8 Å². The van der Waals surface area contributed by atoms with Crippen molar-refractivity contribution in [3.05, 3.63) is 29.3 Å². The highest BCUT2D eigenvalue weighted by molar-refractivity contribution is 5.85. The first kappa shape index (κ1) is 17.4. The summed E-state index contributed by atoms with van der Waals surface area (Å²) in [6.45, 7) is 3.42. The van der Waals surface area contributed by atoms with Gasteiger partial charge in [0.05, 0.1) is 7.11 Å². The molecule has 1 aliphatic heterocycles. The Bertz CT molecular complexity index is 482. The van der Waals surface area contributed by atoms with Crippen LogP contribution in [0.1, 0.15) is 30.9 Å². The van der Waals surface area contributed by atoms with Gasteiger partial charge in [0.2, 0.25) is 0 Å². The zero-order valence-corrected chi connectivity index (χ0v) is 13.6. The van der Waals surface area contributed by atoms with Crippen LogP contribution in [0, 0.1) is 17.6 Å². The summed E-state index contributed by atoms with van der Waals surface area (Å²) in [5.74, 6) is -0.128. The Hall–Kier alpha value is -0.910. The van der Waals surface area contributed by atoms with E-state index < -0.39 is 11.6 Å². The number of nitrogens with zero attached hydrogens (tertiary/aromatic N) is 1. The van der Waals surface area contributed by atoms with Crippen molar-refractivity contribution in [3.63, 3.8) is 0 Å². The Balaban J connectivity index is 0.00000176. The third-order valence-electron chi connectivity index (χ3n) is 4.47. The minimum atomic E-state index is -0.490. The molecule has 22 heavy (non-hydrogen) atoms. The number of hydrogen-bond donors (Lipinski definition) is 1. The highest BCUT2D eigenvalue weighted by Crippen LogP contribution is 2.42. The molecule has 1 N–H and O–H groups in total. The smallest absolute Gasteiger partial charge is 0.134 e. The normalized spacial score (nSPS) is 20.3. The van der Waals surface area contributed by atoms with E-state index >= 15 is 0 Å². The molecule has 0 amide bonds. The van der Waals surface area contributed by atoms with Crippen LogP contribution >= 0.6 is 12.4 Å². The Labute approximate surface area is 136 Å². The van der Waals surface area contributed by atoms with Gasteiger partial charge in [-0.1, -0.05) is 12.8 Å². The van der Waals surface area contributed by atoms with Crippen molar-refractivity contribution >= 4 is 12.4 Å². The van der Waals surface area contributed by atoms with Gasteiger partial charge in [0.15, 0.2) is 0 Å². The van der Waals surface area contributed by atoms with E-state index in [0.29, 0.717) is 5.92 Å². The number of nitrogens with one attached hydrogen (secondary N) is 1.